The maximum Gasteiger partial charge on any atom is 0.274 e. The number of nitrogens with one attached hydrogen (secondary N) is 1. The number of hydrogen-bond acceptors (Lipinski definition) is 7. The third-order valence-corrected chi connectivity index (χ3v) is 4.26. The third kappa shape index (κ3) is 2.86. The molecule has 1 aliphatic heterocycles. The van der Waals surface area contributed by atoms with Gasteiger partial charge in [0.05, 0.1) is 6.54 Å². The predicted molar refractivity (Wildman–Crippen MR) is 76.5 cm³/mol. The van der Waals surface area contributed by atoms with E-state index in [1.54, 1.807) is 0 Å². The highest BCUT2D eigenvalue weighted by atomic mass is 16.5. The molecule has 1 saturated heterocycles. The Morgan fingerprint density at radius 1 is 1.17 bits per heavy atom. The van der Waals surface area contributed by atoms with E-state index in [4.69, 9.17) is 13.8 Å². The smallest absolute Gasteiger partial charge is 0.274 e. The molecule has 0 saturated carbocycles. The molecule has 0 radical (unpaired) electrons. The predicted octanol–water partition coefficient (Wildman–Crippen LogP) is 1.72. The van der Waals surface area contributed by atoms with Crippen LogP contribution in [-0.2, 0) is 24.1 Å². The molecule has 2 aliphatic rings. The highest BCUT2D eigenvalue weighted by molar-refractivity contribution is 5.93. The van der Waals surface area contributed by atoms with Crippen LogP contribution in [0.5, 0.6) is 0 Å². The number of carbonyl (C=O) groups is 1. The summed E-state index contributed by atoms with van der Waals surface area (Å²) in [5.74, 6) is 1.48. The molecule has 4 rings (SSSR count). The lowest BCUT2D eigenvalue weighted by Gasteiger charge is -2.08. The Bertz CT molecular complexity index is 702. The lowest BCUT2D eigenvalue weighted by Crippen LogP contribution is -2.25. The molecule has 1 fully saturated rings. The molecule has 122 valence electrons. The minimum Gasteiger partial charge on any atom is -0.368 e. The van der Waals surface area contributed by atoms with Gasteiger partial charge < -0.3 is 19.1 Å². The second-order valence-electron chi connectivity index (χ2n) is 5.87. The zero-order valence-corrected chi connectivity index (χ0v) is 12.7. The number of nitrogens with zero attached hydrogens (tertiary/aromatic N) is 3. The van der Waals surface area contributed by atoms with Gasteiger partial charge >= 0.3 is 0 Å². The van der Waals surface area contributed by atoms with Crippen LogP contribution in [0.1, 0.15) is 65.3 Å². The SMILES string of the molecule is O=C(NCc1noc(C2CCCO2)n1)c1noc2c1CCCC2. The number of ether oxygens (including phenoxy) is 1. The van der Waals surface area contributed by atoms with Gasteiger partial charge in [-0.3, -0.25) is 4.79 Å². The third-order valence-electron chi connectivity index (χ3n) is 4.26. The highest BCUT2D eigenvalue weighted by Gasteiger charge is 2.25. The van der Waals surface area contributed by atoms with Gasteiger partial charge in [-0.2, -0.15) is 4.98 Å². The molecule has 1 aliphatic carbocycles. The molecule has 0 spiro atoms. The molecular formula is C15H18N4O4. The fraction of sp³-hybridized carbons (Fsp3) is 0.600. The summed E-state index contributed by atoms with van der Waals surface area (Å²) in [5, 5.41) is 10.6. The lowest BCUT2D eigenvalue weighted by atomic mass is 9.96. The molecule has 2 aromatic heterocycles. The van der Waals surface area contributed by atoms with E-state index in [0.717, 1.165) is 56.5 Å². The van der Waals surface area contributed by atoms with Crippen LogP contribution in [-0.4, -0.2) is 27.8 Å². The van der Waals surface area contributed by atoms with Crippen LogP contribution in [0.4, 0.5) is 0 Å². The van der Waals surface area contributed by atoms with Gasteiger partial charge in [0.25, 0.3) is 11.8 Å². The van der Waals surface area contributed by atoms with Crippen LogP contribution in [0.25, 0.3) is 0 Å². The van der Waals surface area contributed by atoms with Gasteiger partial charge in [0, 0.05) is 18.6 Å². The number of rotatable bonds is 4. The molecule has 8 heteroatoms. The van der Waals surface area contributed by atoms with E-state index in [0.29, 0.717) is 17.4 Å². The van der Waals surface area contributed by atoms with Crippen molar-refractivity contribution >= 4 is 5.91 Å². The quantitative estimate of drug-likeness (QED) is 0.915. The van der Waals surface area contributed by atoms with Crippen LogP contribution >= 0.6 is 0 Å². The Morgan fingerprint density at radius 3 is 2.96 bits per heavy atom. The van der Waals surface area contributed by atoms with Crippen molar-refractivity contribution in [2.24, 2.45) is 0 Å². The summed E-state index contributed by atoms with van der Waals surface area (Å²) in [5.41, 5.74) is 1.31. The number of amides is 1. The van der Waals surface area contributed by atoms with Gasteiger partial charge in [-0.05, 0) is 32.1 Å². The van der Waals surface area contributed by atoms with E-state index >= 15 is 0 Å². The van der Waals surface area contributed by atoms with Gasteiger partial charge in [-0.25, -0.2) is 0 Å². The van der Waals surface area contributed by atoms with Crippen molar-refractivity contribution in [3.05, 3.63) is 28.7 Å². The zero-order valence-electron chi connectivity index (χ0n) is 12.7. The van der Waals surface area contributed by atoms with Crippen molar-refractivity contribution in [1.82, 2.24) is 20.6 Å². The first-order chi connectivity index (χ1) is 11.3. The molecule has 1 unspecified atom stereocenters. The largest absolute Gasteiger partial charge is 0.368 e. The van der Waals surface area contributed by atoms with Crippen molar-refractivity contribution in [1.29, 1.82) is 0 Å². The summed E-state index contributed by atoms with van der Waals surface area (Å²) in [6.45, 7) is 0.910. The van der Waals surface area contributed by atoms with Crippen LogP contribution in [0, 0.1) is 0 Å². The maximum atomic E-state index is 12.3. The van der Waals surface area contributed by atoms with Crippen LogP contribution < -0.4 is 5.32 Å². The molecule has 2 aromatic rings. The Morgan fingerprint density at radius 2 is 2.09 bits per heavy atom. The second kappa shape index (κ2) is 6.11. The molecule has 3 heterocycles. The second-order valence-corrected chi connectivity index (χ2v) is 5.87. The summed E-state index contributed by atoms with van der Waals surface area (Å²) in [7, 11) is 0. The Hall–Kier alpha value is -2.22. The van der Waals surface area contributed by atoms with Crippen molar-refractivity contribution in [3.8, 4) is 0 Å². The topological polar surface area (TPSA) is 103 Å². The fourth-order valence-electron chi connectivity index (χ4n) is 3.05. The van der Waals surface area contributed by atoms with Crippen LogP contribution in [0.3, 0.4) is 0 Å². The first kappa shape index (κ1) is 14.4. The van der Waals surface area contributed by atoms with Gasteiger partial charge in [-0.15, -0.1) is 0 Å². The summed E-state index contributed by atoms with van der Waals surface area (Å²) >= 11 is 0. The van der Waals surface area contributed by atoms with Crippen molar-refractivity contribution < 1.29 is 18.6 Å². The molecule has 8 nitrogen and oxygen atoms in total. The highest BCUT2D eigenvalue weighted by Crippen LogP contribution is 2.27. The first-order valence-electron chi connectivity index (χ1n) is 8.01. The number of aromatic nitrogens is 3. The number of hydrogen-bond donors (Lipinski definition) is 1. The molecule has 1 atom stereocenters. The molecule has 1 N–H and O–H groups in total. The monoisotopic (exact) mass is 318 g/mol. The van der Waals surface area contributed by atoms with Crippen LogP contribution in [0.2, 0.25) is 0 Å². The van der Waals surface area contributed by atoms with Gasteiger partial charge in [-0.1, -0.05) is 10.3 Å². The number of carbonyl (C=O) groups excluding carboxylic acids is 1. The normalized spacial score (nSPS) is 20.4. The minimum atomic E-state index is -0.264. The summed E-state index contributed by atoms with van der Waals surface area (Å²) < 4.78 is 15.9. The lowest BCUT2D eigenvalue weighted by molar-refractivity contribution is 0.0835. The van der Waals surface area contributed by atoms with Crippen molar-refractivity contribution in [2.45, 2.75) is 51.2 Å². The fourth-order valence-corrected chi connectivity index (χ4v) is 3.05. The molecule has 0 aromatic carbocycles. The van der Waals surface area contributed by atoms with E-state index in [1.807, 2.05) is 0 Å². The number of aryl methyl sites for hydroxylation is 1. The van der Waals surface area contributed by atoms with E-state index in [1.165, 1.54) is 0 Å². The van der Waals surface area contributed by atoms with Gasteiger partial charge in [0.1, 0.15) is 11.9 Å². The van der Waals surface area contributed by atoms with Crippen molar-refractivity contribution in [3.63, 3.8) is 0 Å². The Labute approximate surface area is 132 Å². The Balaban J connectivity index is 1.39. The van der Waals surface area contributed by atoms with E-state index in [-0.39, 0.29) is 18.6 Å². The van der Waals surface area contributed by atoms with E-state index in [2.05, 4.69) is 20.6 Å². The minimum absolute atomic E-state index is 0.116. The molecule has 23 heavy (non-hydrogen) atoms. The summed E-state index contributed by atoms with van der Waals surface area (Å²) in [6, 6.07) is 0. The van der Waals surface area contributed by atoms with Gasteiger partial charge in [0.2, 0.25) is 0 Å². The average molecular weight is 318 g/mol. The maximum absolute atomic E-state index is 12.3. The molecule has 1 amide bonds. The zero-order chi connectivity index (χ0) is 15.6. The summed E-state index contributed by atoms with van der Waals surface area (Å²) in [6.07, 6.45) is 5.60. The molecule has 0 bridgehead atoms. The standard InChI is InChI=1S/C15H18N4O4/c20-14(13-9-4-1-2-5-10(9)22-19-13)16-8-12-17-15(23-18-12)11-6-3-7-21-11/h11H,1-8H2,(H,16,20). The van der Waals surface area contributed by atoms with Gasteiger partial charge in [0.15, 0.2) is 11.5 Å². The van der Waals surface area contributed by atoms with Crippen molar-refractivity contribution in [2.75, 3.05) is 6.61 Å². The van der Waals surface area contributed by atoms with E-state index < -0.39 is 0 Å². The number of fused-ring (bicyclic) bond motifs is 1. The average Bonchev–Trinajstić information content (AvgIpc) is 3.31. The molecular weight excluding hydrogens is 300 g/mol. The van der Waals surface area contributed by atoms with Crippen LogP contribution in [0.15, 0.2) is 9.05 Å². The summed E-state index contributed by atoms with van der Waals surface area (Å²) in [4.78, 5) is 16.5. The first-order valence-corrected chi connectivity index (χ1v) is 8.01. The van der Waals surface area contributed by atoms with E-state index in [9.17, 15) is 4.79 Å². The Kier molecular flexibility index (Phi) is 3.82.